The van der Waals surface area contributed by atoms with E-state index in [0.717, 1.165) is 36.4 Å². The first-order valence-electron chi connectivity index (χ1n) is 14.5. The minimum absolute atomic E-state index is 0.132. The third-order valence-electron chi connectivity index (χ3n) is 6.32. The van der Waals surface area contributed by atoms with Crippen molar-refractivity contribution >= 4 is 31.1 Å². The van der Waals surface area contributed by atoms with E-state index in [0.29, 0.717) is 12.8 Å². The van der Waals surface area contributed by atoms with Crippen molar-refractivity contribution in [2.75, 3.05) is 19.6 Å². The molecule has 4 atom stereocenters. The Bertz CT molecular complexity index is 1410. The molecule has 0 amide bonds. The zero-order valence-electron chi connectivity index (χ0n) is 24.8. The molecular formula is C29H39ClN3O10P. The number of halogens is 1. The second-order valence-corrected chi connectivity index (χ2v) is 12.4. The fourth-order valence-corrected chi connectivity index (χ4v) is 5.85. The van der Waals surface area contributed by atoms with Crippen LogP contribution in [0.5, 0.6) is 5.75 Å². The van der Waals surface area contributed by atoms with Crippen LogP contribution < -0.4 is 20.9 Å². The van der Waals surface area contributed by atoms with Gasteiger partial charge < -0.3 is 23.5 Å². The minimum Gasteiger partial charge on any atom is -0.466 e. The Hall–Kier alpha value is -3.22. The van der Waals surface area contributed by atoms with Gasteiger partial charge in [-0.05, 0) is 37.1 Å². The first-order chi connectivity index (χ1) is 21.1. The fourth-order valence-electron chi connectivity index (χ4n) is 4.04. The average Bonchev–Trinajstić information content (AvgIpc) is 3.47. The molecule has 0 saturated heterocycles. The number of rotatable bonds is 19. The van der Waals surface area contributed by atoms with Gasteiger partial charge in [0.25, 0.3) is 5.56 Å². The lowest BCUT2D eigenvalue weighted by atomic mass is 10.2. The van der Waals surface area contributed by atoms with E-state index in [1.807, 2.05) is 13.8 Å². The number of unbranched alkanes of at least 4 members (excludes halogenated alkanes) is 4. The molecule has 0 saturated carbocycles. The zero-order chi connectivity index (χ0) is 32.0. The van der Waals surface area contributed by atoms with Gasteiger partial charge >= 0.3 is 25.1 Å². The third kappa shape index (κ3) is 11.4. The Morgan fingerprint density at radius 2 is 1.73 bits per heavy atom. The summed E-state index contributed by atoms with van der Waals surface area (Å²) in [7, 11) is -4.09. The molecule has 1 unspecified atom stereocenters. The van der Waals surface area contributed by atoms with Gasteiger partial charge in [0.05, 0.1) is 19.6 Å². The number of carbonyl (C=O) groups is 2. The number of aromatic nitrogens is 2. The number of ether oxygens (including phenoxy) is 4. The summed E-state index contributed by atoms with van der Waals surface area (Å²) in [4.78, 5) is 51.6. The van der Waals surface area contributed by atoms with Crippen LogP contribution in [0.25, 0.3) is 0 Å². The molecule has 1 aromatic heterocycles. The number of nitrogens with zero attached hydrogens (tertiary/aromatic N) is 1. The molecule has 242 valence electrons. The van der Waals surface area contributed by atoms with Crippen LogP contribution in [-0.2, 0) is 33.1 Å². The summed E-state index contributed by atoms with van der Waals surface area (Å²) in [5, 5.41) is 2.47. The maximum atomic E-state index is 14.2. The smallest absolute Gasteiger partial charge is 0.342 e. The molecule has 44 heavy (non-hydrogen) atoms. The van der Waals surface area contributed by atoms with Crippen LogP contribution in [0.4, 0.5) is 0 Å². The molecule has 13 nitrogen and oxygen atoms in total. The molecule has 0 spiro atoms. The first kappa shape index (κ1) is 35.3. The molecule has 1 aromatic carbocycles. The van der Waals surface area contributed by atoms with Crippen molar-refractivity contribution in [2.45, 2.75) is 77.4 Å². The Kier molecular flexibility index (Phi) is 14.4. The van der Waals surface area contributed by atoms with Gasteiger partial charge in [0.15, 0.2) is 18.9 Å². The van der Waals surface area contributed by atoms with Gasteiger partial charge in [-0.3, -0.25) is 28.5 Å². The third-order valence-corrected chi connectivity index (χ3v) is 8.29. The van der Waals surface area contributed by atoms with Crippen molar-refractivity contribution in [3.8, 4) is 5.75 Å². The van der Waals surface area contributed by atoms with Crippen LogP contribution in [-0.4, -0.2) is 53.4 Å². The molecule has 0 aliphatic carbocycles. The number of nitrogens with one attached hydrogen (secondary N) is 2. The molecule has 2 heterocycles. The van der Waals surface area contributed by atoms with Crippen molar-refractivity contribution in [1.29, 1.82) is 0 Å². The summed E-state index contributed by atoms with van der Waals surface area (Å²) in [6.07, 6.45) is 5.89. The molecule has 0 bridgehead atoms. The molecule has 0 fully saturated rings. The second kappa shape index (κ2) is 17.9. The van der Waals surface area contributed by atoms with E-state index >= 15 is 0 Å². The topological polar surface area (TPSA) is 164 Å². The molecule has 15 heteroatoms. The quantitative estimate of drug-likeness (QED) is 0.0936. The predicted octanol–water partition coefficient (Wildman–Crippen LogP) is 4.66. The summed E-state index contributed by atoms with van der Waals surface area (Å²) >= 11 is 5.85. The van der Waals surface area contributed by atoms with Gasteiger partial charge in [-0.15, -0.1) is 0 Å². The fraction of sp³-hybridized carbons (Fsp3) is 0.517. The van der Waals surface area contributed by atoms with Gasteiger partial charge in [-0.25, -0.2) is 9.88 Å². The molecule has 0 radical (unpaired) electrons. The Morgan fingerprint density at radius 1 is 1.05 bits per heavy atom. The summed E-state index contributed by atoms with van der Waals surface area (Å²) in [5.41, 5.74) is -1.49. The molecular weight excluding hydrogens is 617 g/mol. The molecule has 2 N–H and O–H groups in total. The van der Waals surface area contributed by atoms with Gasteiger partial charge in [-0.1, -0.05) is 69.3 Å². The van der Waals surface area contributed by atoms with Crippen molar-refractivity contribution in [2.24, 2.45) is 0 Å². The number of aromatic amines is 1. The minimum atomic E-state index is -4.09. The number of H-pyrrole nitrogens is 1. The monoisotopic (exact) mass is 655 g/mol. The van der Waals surface area contributed by atoms with Gasteiger partial charge in [0, 0.05) is 6.20 Å². The van der Waals surface area contributed by atoms with Crippen molar-refractivity contribution in [3.05, 3.63) is 74.5 Å². The average molecular weight is 656 g/mol. The summed E-state index contributed by atoms with van der Waals surface area (Å²) in [6, 6.07) is 6.88. The molecule has 3 rings (SSSR count). The van der Waals surface area contributed by atoms with Crippen LogP contribution >= 0.6 is 19.1 Å². The van der Waals surface area contributed by atoms with Crippen LogP contribution in [0.1, 0.15) is 65.0 Å². The largest absolute Gasteiger partial charge is 0.466 e. The Morgan fingerprint density at radius 3 is 2.41 bits per heavy atom. The van der Waals surface area contributed by atoms with E-state index in [1.165, 1.54) is 12.2 Å². The highest BCUT2D eigenvalue weighted by atomic mass is 35.5. The van der Waals surface area contributed by atoms with E-state index in [4.69, 9.17) is 35.1 Å². The van der Waals surface area contributed by atoms with Crippen LogP contribution in [0, 0.1) is 0 Å². The SMILES string of the molecule is CCCCCOC(=O)C[C@H](NP(=O)(CO[C@@H]1C=C[C@H](n2cc(Cl)c(=O)[nH]c2=O)O1)Oc1ccccc1)C(=O)OCCCCC. The highest BCUT2D eigenvalue weighted by Gasteiger charge is 2.36. The summed E-state index contributed by atoms with van der Waals surface area (Å²) in [6.45, 7) is 4.36. The maximum Gasteiger partial charge on any atom is 0.342 e. The second-order valence-electron chi connectivity index (χ2n) is 9.99. The lowest BCUT2D eigenvalue weighted by molar-refractivity contribution is -0.152. The lowest BCUT2D eigenvalue weighted by Gasteiger charge is -2.26. The normalized spacial score (nSPS) is 18.0. The number of hydrogen-bond acceptors (Lipinski definition) is 10. The number of hydrogen-bond donors (Lipinski definition) is 2. The zero-order valence-corrected chi connectivity index (χ0v) is 26.4. The van der Waals surface area contributed by atoms with E-state index in [2.05, 4.69) is 10.1 Å². The molecule has 1 aliphatic rings. The van der Waals surface area contributed by atoms with Gasteiger partial charge in [0.1, 0.15) is 16.8 Å². The summed E-state index contributed by atoms with van der Waals surface area (Å²) in [5.74, 6) is -1.22. The predicted molar refractivity (Wildman–Crippen MR) is 163 cm³/mol. The van der Waals surface area contributed by atoms with Crippen molar-refractivity contribution < 1.29 is 37.6 Å². The summed E-state index contributed by atoms with van der Waals surface area (Å²) < 4.78 is 43.2. The van der Waals surface area contributed by atoms with Crippen LogP contribution in [0.15, 0.2) is 58.3 Å². The highest BCUT2D eigenvalue weighted by Crippen LogP contribution is 2.44. The Labute approximate surface area is 260 Å². The van der Waals surface area contributed by atoms with E-state index in [1.54, 1.807) is 30.3 Å². The number of benzene rings is 1. The van der Waals surface area contributed by atoms with Crippen molar-refractivity contribution in [1.82, 2.24) is 14.6 Å². The van der Waals surface area contributed by atoms with Crippen LogP contribution in [0.3, 0.4) is 0 Å². The standard InChI is InChI=1S/C29H39ClN3O10P/c1-3-5-10-16-39-25(34)18-23(28(36)40-17-11-6-4-2)32-44(38,43-21-12-8-7-9-13-21)20-41-26-15-14-24(42-26)33-19-22(30)27(35)31-29(33)37/h7-9,12-15,19,23-24,26H,3-6,10-11,16-18,20H2,1-2H3,(H,32,38)(H,31,35,37)/t23-,24+,26-,44?/m0/s1. The van der Waals surface area contributed by atoms with E-state index in [9.17, 15) is 23.7 Å². The van der Waals surface area contributed by atoms with Crippen LogP contribution in [0.2, 0.25) is 5.02 Å². The number of esters is 2. The molecule has 1 aliphatic heterocycles. The Balaban J connectivity index is 1.75. The van der Waals surface area contributed by atoms with Gasteiger partial charge in [0.2, 0.25) is 0 Å². The highest BCUT2D eigenvalue weighted by molar-refractivity contribution is 7.57. The first-order valence-corrected chi connectivity index (χ1v) is 16.7. The number of carbonyl (C=O) groups excluding carboxylic acids is 2. The van der Waals surface area contributed by atoms with Gasteiger partial charge in [-0.2, -0.15) is 0 Å². The maximum absolute atomic E-state index is 14.2. The lowest BCUT2D eigenvalue weighted by Crippen LogP contribution is -2.40. The van der Waals surface area contributed by atoms with Crippen molar-refractivity contribution in [3.63, 3.8) is 0 Å². The molecule has 2 aromatic rings. The number of para-hydroxylation sites is 1. The van der Waals surface area contributed by atoms with E-state index in [-0.39, 0.29) is 24.0 Å². The van der Waals surface area contributed by atoms with E-state index < -0.39 is 62.0 Å².